The lowest BCUT2D eigenvalue weighted by atomic mass is 10.0. The SMILES string of the molecule is CC(O)Cn1c(N)nc2c(Br)c(C(=O)c3cc(F)ccc3Cl)c(Br)cc21. The van der Waals surface area contributed by atoms with E-state index in [4.69, 9.17) is 17.3 Å². The Morgan fingerprint density at radius 3 is 2.77 bits per heavy atom. The molecule has 0 aliphatic heterocycles. The fourth-order valence-electron chi connectivity index (χ4n) is 2.68. The van der Waals surface area contributed by atoms with E-state index >= 15 is 0 Å². The molecule has 3 aromatic rings. The lowest BCUT2D eigenvalue weighted by Gasteiger charge is -2.12. The summed E-state index contributed by atoms with van der Waals surface area (Å²) in [4.78, 5) is 17.2. The van der Waals surface area contributed by atoms with Crippen molar-refractivity contribution in [3.63, 3.8) is 0 Å². The number of nitrogens with two attached hydrogens (primary N) is 1. The van der Waals surface area contributed by atoms with Gasteiger partial charge in [-0.1, -0.05) is 11.6 Å². The number of carbonyl (C=O) groups excluding carboxylic acids is 1. The standard InChI is InChI=1S/C17H13Br2ClFN3O2/c1-7(25)6-24-12-5-10(18)13(14(19)15(12)23-17(24)22)16(26)9-4-8(21)2-3-11(9)20/h2-5,7,25H,6H2,1H3,(H2,22,23). The number of aliphatic hydroxyl groups excluding tert-OH is 1. The molecule has 3 rings (SSSR count). The summed E-state index contributed by atoms with van der Waals surface area (Å²) in [6, 6.07) is 5.30. The number of anilines is 1. The van der Waals surface area contributed by atoms with Crippen LogP contribution in [0.4, 0.5) is 10.3 Å². The Kier molecular flexibility index (Phi) is 5.39. The molecule has 5 nitrogen and oxygen atoms in total. The molecule has 2 aromatic carbocycles. The smallest absolute Gasteiger partial charge is 0.201 e. The van der Waals surface area contributed by atoms with Crippen LogP contribution in [0.25, 0.3) is 11.0 Å². The molecule has 0 aliphatic rings. The molecule has 0 saturated heterocycles. The van der Waals surface area contributed by atoms with Crippen LogP contribution in [0.15, 0.2) is 33.2 Å². The van der Waals surface area contributed by atoms with Crippen molar-refractivity contribution in [1.29, 1.82) is 0 Å². The van der Waals surface area contributed by atoms with Gasteiger partial charge in [-0.25, -0.2) is 9.37 Å². The van der Waals surface area contributed by atoms with Crippen molar-refractivity contribution in [2.24, 2.45) is 0 Å². The third kappa shape index (κ3) is 3.38. The largest absolute Gasteiger partial charge is 0.392 e. The molecule has 0 bridgehead atoms. The number of hydrogen-bond donors (Lipinski definition) is 2. The Hall–Kier alpha value is -1.48. The number of rotatable bonds is 4. The highest BCUT2D eigenvalue weighted by molar-refractivity contribution is 9.11. The second-order valence-electron chi connectivity index (χ2n) is 5.80. The fraction of sp³-hybridized carbons (Fsp3) is 0.176. The molecule has 1 unspecified atom stereocenters. The molecule has 9 heteroatoms. The highest BCUT2D eigenvalue weighted by Crippen LogP contribution is 2.37. The molecule has 136 valence electrons. The zero-order chi connectivity index (χ0) is 19.2. The van der Waals surface area contributed by atoms with Crippen LogP contribution >= 0.6 is 43.5 Å². The Morgan fingerprint density at radius 2 is 2.12 bits per heavy atom. The Bertz CT molecular complexity index is 1040. The zero-order valence-electron chi connectivity index (χ0n) is 13.4. The fourth-order valence-corrected chi connectivity index (χ4v) is 4.43. The summed E-state index contributed by atoms with van der Waals surface area (Å²) in [5, 5.41) is 9.81. The van der Waals surface area contributed by atoms with Gasteiger partial charge in [-0.3, -0.25) is 4.79 Å². The molecule has 26 heavy (non-hydrogen) atoms. The average Bonchev–Trinajstić information content (AvgIpc) is 2.86. The van der Waals surface area contributed by atoms with Gasteiger partial charge in [0.1, 0.15) is 11.3 Å². The first kappa shape index (κ1) is 19.3. The van der Waals surface area contributed by atoms with Crippen LogP contribution in [-0.4, -0.2) is 26.5 Å². The van der Waals surface area contributed by atoms with E-state index in [0.29, 0.717) is 20.0 Å². The van der Waals surface area contributed by atoms with Crippen molar-refractivity contribution >= 4 is 66.2 Å². The van der Waals surface area contributed by atoms with Gasteiger partial charge in [0.15, 0.2) is 5.78 Å². The van der Waals surface area contributed by atoms with E-state index in [1.54, 1.807) is 17.6 Å². The van der Waals surface area contributed by atoms with Crippen LogP contribution in [0, 0.1) is 5.82 Å². The molecule has 0 fully saturated rings. The average molecular weight is 506 g/mol. The third-order valence-corrected chi connectivity index (χ3v) is 5.54. The van der Waals surface area contributed by atoms with Gasteiger partial charge in [0, 0.05) is 10.0 Å². The van der Waals surface area contributed by atoms with Gasteiger partial charge in [0.05, 0.1) is 33.2 Å². The Morgan fingerprint density at radius 1 is 1.42 bits per heavy atom. The first-order valence-corrected chi connectivity index (χ1v) is 9.48. The summed E-state index contributed by atoms with van der Waals surface area (Å²) >= 11 is 12.9. The predicted molar refractivity (Wildman–Crippen MR) is 106 cm³/mol. The maximum Gasteiger partial charge on any atom is 0.201 e. The lowest BCUT2D eigenvalue weighted by Crippen LogP contribution is -2.14. The van der Waals surface area contributed by atoms with Crippen molar-refractivity contribution < 1.29 is 14.3 Å². The van der Waals surface area contributed by atoms with E-state index in [1.165, 1.54) is 12.1 Å². The monoisotopic (exact) mass is 503 g/mol. The zero-order valence-corrected chi connectivity index (χ0v) is 17.4. The minimum Gasteiger partial charge on any atom is -0.392 e. The molecule has 0 saturated carbocycles. The summed E-state index contributed by atoms with van der Waals surface area (Å²) in [6.45, 7) is 1.89. The van der Waals surface area contributed by atoms with E-state index in [0.717, 1.165) is 6.07 Å². The van der Waals surface area contributed by atoms with Crippen molar-refractivity contribution in [2.45, 2.75) is 19.6 Å². The number of hydrogen-bond acceptors (Lipinski definition) is 4. The molecule has 0 aliphatic carbocycles. The lowest BCUT2D eigenvalue weighted by molar-refractivity contribution is 0.103. The highest BCUT2D eigenvalue weighted by Gasteiger charge is 2.24. The maximum atomic E-state index is 13.6. The molecular weight excluding hydrogens is 492 g/mol. The first-order valence-electron chi connectivity index (χ1n) is 7.52. The Labute approximate surface area is 170 Å². The van der Waals surface area contributed by atoms with Crippen molar-refractivity contribution in [3.8, 4) is 0 Å². The topological polar surface area (TPSA) is 81.1 Å². The molecule has 1 heterocycles. The minimum absolute atomic E-state index is 0.0452. The maximum absolute atomic E-state index is 13.6. The van der Waals surface area contributed by atoms with E-state index in [1.807, 2.05) is 0 Å². The number of benzene rings is 2. The first-order chi connectivity index (χ1) is 12.2. The number of nitrogen functional groups attached to an aromatic ring is 1. The number of nitrogens with zero attached hydrogens (tertiary/aromatic N) is 2. The van der Waals surface area contributed by atoms with Crippen LogP contribution in [-0.2, 0) is 6.54 Å². The van der Waals surface area contributed by atoms with Crippen molar-refractivity contribution in [1.82, 2.24) is 9.55 Å². The van der Waals surface area contributed by atoms with Gasteiger partial charge in [0.2, 0.25) is 5.95 Å². The number of aliphatic hydroxyl groups is 1. The number of imidazole rings is 1. The van der Waals surface area contributed by atoms with Gasteiger partial charge in [-0.2, -0.15) is 0 Å². The van der Waals surface area contributed by atoms with Crippen LogP contribution in [0.5, 0.6) is 0 Å². The number of carbonyl (C=O) groups is 1. The quantitative estimate of drug-likeness (QED) is 0.510. The molecular formula is C17H13Br2ClFN3O2. The normalized spacial score (nSPS) is 12.5. The molecule has 3 N–H and O–H groups in total. The van der Waals surface area contributed by atoms with Crippen molar-refractivity contribution in [2.75, 3.05) is 5.73 Å². The number of fused-ring (bicyclic) bond motifs is 1. The summed E-state index contributed by atoms with van der Waals surface area (Å²) < 4.78 is 16.1. The van der Waals surface area contributed by atoms with Crippen LogP contribution in [0.3, 0.4) is 0 Å². The summed E-state index contributed by atoms with van der Waals surface area (Å²) in [7, 11) is 0. The number of aromatic nitrogens is 2. The van der Waals surface area contributed by atoms with E-state index in [-0.39, 0.29) is 28.6 Å². The van der Waals surface area contributed by atoms with Gasteiger partial charge in [-0.05, 0) is 63.0 Å². The minimum atomic E-state index is -0.625. The molecule has 1 aromatic heterocycles. The summed E-state index contributed by atoms with van der Waals surface area (Å²) in [5.74, 6) is -0.808. The predicted octanol–water partition coefficient (Wildman–Crippen LogP) is 4.55. The summed E-state index contributed by atoms with van der Waals surface area (Å²) in [6.07, 6.45) is -0.625. The third-order valence-electron chi connectivity index (χ3n) is 3.81. The molecule has 0 radical (unpaired) electrons. The number of halogens is 4. The van der Waals surface area contributed by atoms with Crippen molar-refractivity contribution in [3.05, 3.63) is 55.2 Å². The van der Waals surface area contributed by atoms with Gasteiger partial charge < -0.3 is 15.4 Å². The Balaban J connectivity index is 2.22. The van der Waals surface area contributed by atoms with E-state index in [2.05, 4.69) is 36.8 Å². The summed E-state index contributed by atoms with van der Waals surface area (Å²) in [5.41, 5.74) is 7.36. The second-order valence-corrected chi connectivity index (χ2v) is 7.85. The molecule has 0 spiro atoms. The van der Waals surface area contributed by atoms with Crippen LogP contribution < -0.4 is 5.73 Å². The highest BCUT2D eigenvalue weighted by atomic mass is 79.9. The van der Waals surface area contributed by atoms with Gasteiger partial charge in [-0.15, -0.1) is 0 Å². The van der Waals surface area contributed by atoms with Crippen LogP contribution in [0.1, 0.15) is 22.8 Å². The number of ketones is 1. The van der Waals surface area contributed by atoms with Crippen LogP contribution in [0.2, 0.25) is 5.02 Å². The van der Waals surface area contributed by atoms with Gasteiger partial charge >= 0.3 is 0 Å². The second kappa shape index (κ2) is 7.26. The van der Waals surface area contributed by atoms with E-state index < -0.39 is 17.7 Å². The molecule has 1 atom stereocenters. The van der Waals surface area contributed by atoms with E-state index in [9.17, 15) is 14.3 Å². The van der Waals surface area contributed by atoms with Gasteiger partial charge in [0.25, 0.3) is 0 Å². The molecule has 0 amide bonds.